The average Bonchev–Trinajstić information content (AvgIpc) is 3.33. The molecule has 0 aliphatic carbocycles. The number of unbranched alkanes of at least 4 members (excludes halogenated alkanes) is 1. The lowest BCUT2D eigenvalue weighted by Gasteiger charge is -2.26. The van der Waals surface area contributed by atoms with Crippen LogP contribution in [0.1, 0.15) is 30.2 Å². The van der Waals surface area contributed by atoms with E-state index in [1.807, 2.05) is 0 Å². The molecule has 0 radical (unpaired) electrons. The van der Waals surface area contributed by atoms with E-state index in [0.717, 1.165) is 51.8 Å². The lowest BCUT2D eigenvalue weighted by atomic mass is 10.1. The van der Waals surface area contributed by atoms with Crippen molar-refractivity contribution in [1.82, 2.24) is 15.1 Å². The van der Waals surface area contributed by atoms with E-state index >= 15 is 0 Å². The molecule has 0 spiro atoms. The Balaban J connectivity index is 1.37. The van der Waals surface area contributed by atoms with Crippen molar-refractivity contribution < 1.29 is 27.4 Å². The van der Waals surface area contributed by atoms with Crippen LogP contribution in [-0.4, -0.2) is 59.6 Å². The van der Waals surface area contributed by atoms with Crippen molar-refractivity contribution in [3.8, 4) is 11.5 Å². The molecule has 1 unspecified atom stereocenters. The Kier molecular flexibility index (Phi) is 8.21. The molecule has 188 valence electrons. The first-order chi connectivity index (χ1) is 16.9. The van der Waals surface area contributed by atoms with Gasteiger partial charge in [-0.25, -0.2) is 0 Å². The van der Waals surface area contributed by atoms with Crippen LogP contribution in [0.25, 0.3) is 11.5 Å². The summed E-state index contributed by atoms with van der Waals surface area (Å²) >= 11 is 0. The summed E-state index contributed by atoms with van der Waals surface area (Å²) in [7, 11) is 0. The number of ether oxygens (including phenoxy) is 1. The normalized spacial score (nSPS) is 15.7. The van der Waals surface area contributed by atoms with Gasteiger partial charge in [0.25, 0.3) is 0 Å². The standard InChI is InChI=1S/C24H28F3N5O3/c25-24(26,27)20-16-18(29-21(33)17-6-2-1-3-7-17)8-9-19(20)22-30-31-23(35-22)28-10-4-5-11-32-12-14-34-15-13-32/h1-3,6-9,16,21,29,33H,4-5,10-15H2,(H,28,31). The van der Waals surface area contributed by atoms with E-state index < -0.39 is 18.0 Å². The van der Waals surface area contributed by atoms with Crippen LogP contribution in [0.4, 0.5) is 24.9 Å². The van der Waals surface area contributed by atoms with Gasteiger partial charge in [-0.05, 0) is 37.6 Å². The number of nitrogens with zero attached hydrogens (tertiary/aromatic N) is 3. The summed E-state index contributed by atoms with van der Waals surface area (Å²) in [6, 6.07) is 12.3. The Morgan fingerprint density at radius 3 is 2.54 bits per heavy atom. The Morgan fingerprint density at radius 2 is 1.80 bits per heavy atom. The summed E-state index contributed by atoms with van der Waals surface area (Å²) in [6.07, 6.45) is -4.00. The number of aromatic nitrogens is 2. The molecule has 1 atom stereocenters. The van der Waals surface area contributed by atoms with Crippen molar-refractivity contribution in [1.29, 1.82) is 0 Å². The number of aliphatic hydroxyl groups is 1. The lowest BCUT2D eigenvalue weighted by molar-refractivity contribution is -0.137. The minimum atomic E-state index is -4.66. The zero-order valence-electron chi connectivity index (χ0n) is 19.1. The zero-order valence-corrected chi connectivity index (χ0v) is 19.1. The highest BCUT2D eigenvalue weighted by molar-refractivity contribution is 5.65. The van der Waals surface area contributed by atoms with Gasteiger partial charge in [0, 0.05) is 30.9 Å². The van der Waals surface area contributed by atoms with Gasteiger partial charge in [0.15, 0.2) is 6.23 Å². The fourth-order valence-electron chi connectivity index (χ4n) is 3.82. The molecule has 4 rings (SSSR count). The van der Waals surface area contributed by atoms with E-state index in [2.05, 4.69) is 25.7 Å². The Hall–Kier alpha value is -3.15. The molecule has 35 heavy (non-hydrogen) atoms. The maximum absolute atomic E-state index is 13.8. The molecule has 1 aliphatic rings. The Bertz CT molecular complexity index is 1070. The third-order valence-corrected chi connectivity index (χ3v) is 5.68. The van der Waals surface area contributed by atoms with Gasteiger partial charge in [0.2, 0.25) is 5.89 Å². The highest BCUT2D eigenvalue weighted by Gasteiger charge is 2.35. The largest absolute Gasteiger partial charge is 0.417 e. The van der Waals surface area contributed by atoms with Gasteiger partial charge in [0.1, 0.15) is 0 Å². The smallest absolute Gasteiger partial charge is 0.403 e. The van der Waals surface area contributed by atoms with E-state index in [1.165, 1.54) is 12.1 Å². The highest BCUT2D eigenvalue weighted by atomic mass is 19.4. The van der Waals surface area contributed by atoms with Crippen molar-refractivity contribution >= 4 is 11.7 Å². The van der Waals surface area contributed by atoms with Gasteiger partial charge in [-0.15, -0.1) is 5.10 Å². The molecule has 1 aromatic heterocycles. The van der Waals surface area contributed by atoms with Crippen LogP contribution in [0, 0.1) is 0 Å². The van der Waals surface area contributed by atoms with Crippen LogP contribution in [-0.2, 0) is 10.9 Å². The maximum Gasteiger partial charge on any atom is 0.417 e. The second kappa shape index (κ2) is 11.5. The number of halogens is 3. The minimum absolute atomic E-state index is 0.0706. The minimum Gasteiger partial charge on any atom is -0.403 e. The summed E-state index contributed by atoms with van der Waals surface area (Å²) in [5.41, 5.74) is -0.535. The SMILES string of the molecule is OC(Nc1ccc(-c2nnc(NCCCCN3CCOCC3)o2)c(C(F)(F)F)c1)c1ccccc1. The zero-order chi connectivity index (χ0) is 24.7. The molecule has 0 amide bonds. The molecule has 2 aromatic carbocycles. The van der Waals surface area contributed by atoms with Crippen molar-refractivity contribution in [2.75, 3.05) is 50.0 Å². The van der Waals surface area contributed by atoms with Crippen LogP contribution < -0.4 is 10.6 Å². The summed E-state index contributed by atoms with van der Waals surface area (Å²) in [6.45, 7) is 4.91. The molecule has 1 saturated heterocycles. The third-order valence-electron chi connectivity index (χ3n) is 5.68. The molecule has 0 saturated carbocycles. The second-order valence-electron chi connectivity index (χ2n) is 8.22. The van der Waals surface area contributed by atoms with Crippen molar-refractivity contribution in [3.05, 3.63) is 59.7 Å². The number of anilines is 2. The number of aliphatic hydroxyl groups excluding tert-OH is 1. The van der Waals surface area contributed by atoms with Crippen LogP contribution in [0.5, 0.6) is 0 Å². The van der Waals surface area contributed by atoms with E-state index in [-0.39, 0.29) is 23.2 Å². The predicted molar refractivity (Wildman–Crippen MR) is 125 cm³/mol. The Labute approximate surface area is 201 Å². The van der Waals surface area contributed by atoms with E-state index in [9.17, 15) is 18.3 Å². The fraction of sp³-hybridized carbons (Fsp3) is 0.417. The van der Waals surface area contributed by atoms with Crippen molar-refractivity contribution in [2.45, 2.75) is 25.2 Å². The number of morpholine rings is 1. The second-order valence-corrected chi connectivity index (χ2v) is 8.22. The topological polar surface area (TPSA) is 95.7 Å². The number of hydrogen-bond donors (Lipinski definition) is 3. The monoisotopic (exact) mass is 491 g/mol. The molecule has 0 bridgehead atoms. The number of hydrogen-bond acceptors (Lipinski definition) is 8. The van der Waals surface area contributed by atoms with Crippen LogP contribution in [0.3, 0.4) is 0 Å². The molecule has 8 nitrogen and oxygen atoms in total. The predicted octanol–water partition coefficient (Wildman–Crippen LogP) is 4.38. The fourth-order valence-corrected chi connectivity index (χ4v) is 3.82. The highest BCUT2D eigenvalue weighted by Crippen LogP contribution is 2.39. The molecule has 1 aliphatic heterocycles. The molecule has 11 heteroatoms. The van der Waals surface area contributed by atoms with Crippen LogP contribution >= 0.6 is 0 Å². The number of benzene rings is 2. The van der Waals surface area contributed by atoms with Crippen molar-refractivity contribution in [3.63, 3.8) is 0 Å². The summed E-state index contributed by atoms with van der Waals surface area (Å²) in [5.74, 6) is -0.233. The first-order valence-electron chi connectivity index (χ1n) is 11.5. The van der Waals surface area contributed by atoms with Crippen LogP contribution in [0.2, 0.25) is 0 Å². The quantitative estimate of drug-likeness (QED) is 0.284. The van der Waals surface area contributed by atoms with E-state index in [4.69, 9.17) is 9.15 Å². The van der Waals surface area contributed by atoms with E-state index in [1.54, 1.807) is 30.3 Å². The van der Waals surface area contributed by atoms with Crippen LogP contribution in [0.15, 0.2) is 52.9 Å². The molecule has 3 N–H and O–H groups in total. The van der Waals surface area contributed by atoms with Crippen molar-refractivity contribution in [2.24, 2.45) is 0 Å². The van der Waals surface area contributed by atoms with Gasteiger partial charge in [-0.1, -0.05) is 35.4 Å². The molecule has 3 aromatic rings. The molecular weight excluding hydrogens is 463 g/mol. The van der Waals surface area contributed by atoms with Gasteiger partial charge in [-0.2, -0.15) is 13.2 Å². The number of rotatable bonds is 10. The summed E-state index contributed by atoms with van der Waals surface area (Å²) in [4.78, 5) is 2.34. The van der Waals surface area contributed by atoms with Gasteiger partial charge >= 0.3 is 12.2 Å². The molecule has 2 heterocycles. The first-order valence-corrected chi connectivity index (χ1v) is 11.5. The lowest BCUT2D eigenvalue weighted by Crippen LogP contribution is -2.36. The van der Waals surface area contributed by atoms with Gasteiger partial charge in [0.05, 0.1) is 24.3 Å². The van der Waals surface area contributed by atoms with Gasteiger partial charge in [-0.3, -0.25) is 4.90 Å². The van der Waals surface area contributed by atoms with E-state index in [0.29, 0.717) is 12.1 Å². The van der Waals surface area contributed by atoms with Gasteiger partial charge < -0.3 is 24.9 Å². The average molecular weight is 492 g/mol. The molecule has 1 fully saturated rings. The summed E-state index contributed by atoms with van der Waals surface area (Å²) < 4.78 is 52.2. The third kappa shape index (κ3) is 6.93. The Morgan fingerprint density at radius 1 is 1.03 bits per heavy atom. The first kappa shape index (κ1) is 25.0. The molecular formula is C24H28F3N5O3. The summed E-state index contributed by atoms with van der Waals surface area (Å²) in [5, 5.41) is 23.6. The number of nitrogens with one attached hydrogen (secondary N) is 2. The maximum atomic E-state index is 13.8. The number of alkyl halides is 3.